The Morgan fingerprint density at radius 3 is 2.46 bits per heavy atom. The fourth-order valence-corrected chi connectivity index (χ4v) is 8.56. The molecule has 5 nitrogen and oxygen atoms in total. The molecule has 28 heavy (non-hydrogen) atoms. The summed E-state index contributed by atoms with van der Waals surface area (Å²) in [6, 6.07) is 0. The van der Waals surface area contributed by atoms with Crippen molar-refractivity contribution in [3.63, 3.8) is 0 Å². The molecule has 5 aliphatic rings. The number of ketones is 2. The number of aliphatic hydroxyl groups excluding tert-OH is 1. The third-order valence-corrected chi connectivity index (χ3v) is 9.73. The van der Waals surface area contributed by atoms with Gasteiger partial charge in [-0.1, -0.05) is 13.8 Å². The Bertz CT molecular complexity index is 697. The van der Waals surface area contributed by atoms with Crippen LogP contribution in [0.4, 0.5) is 0 Å². The van der Waals surface area contributed by atoms with E-state index in [1.807, 2.05) is 0 Å². The lowest BCUT2D eigenvalue weighted by molar-refractivity contribution is -0.231. The van der Waals surface area contributed by atoms with E-state index in [4.69, 9.17) is 9.47 Å². The summed E-state index contributed by atoms with van der Waals surface area (Å²) in [6.07, 6.45) is 5.24. The molecule has 1 spiro atoms. The molecule has 1 heterocycles. The van der Waals surface area contributed by atoms with Gasteiger partial charge < -0.3 is 14.6 Å². The van der Waals surface area contributed by atoms with E-state index in [9.17, 15) is 14.7 Å². The van der Waals surface area contributed by atoms with Gasteiger partial charge in [0, 0.05) is 23.7 Å². The summed E-state index contributed by atoms with van der Waals surface area (Å²) in [5.74, 6) is 0.807. The van der Waals surface area contributed by atoms with Crippen LogP contribution in [-0.2, 0) is 19.1 Å². The van der Waals surface area contributed by atoms with Crippen LogP contribution in [0.5, 0.6) is 0 Å². The Labute approximate surface area is 167 Å². The van der Waals surface area contributed by atoms with Crippen LogP contribution in [-0.4, -0.2) is 41.8 Å². The van der Waals surface area contributed by atoms with Gasteiger partial charge in [0.15, 0.2) is 5.79 Å². The third kappa shape index (κ3) is 2.36. The van der Waals surface area contributed by atoms with Crippen LogP contribution in [0, 0.1) is 40.4 Å². The number of aliphatic hydroxyl groups is 1. The minimum absolute atomic E-state index is 0.00119. The van der Waals surface area contributed by atoms with Gasteiger partial charge in [0.1, 0.15) is 11.6 Å². The molecule has 0 aromatic carbocycles. The van der Waals surface area contributed by atoms with Gasteiger partial charge in [-0.15, -0.1) is 0 Å². The molecule has 5 rings (SSSR count). The molecule has 4 aliphatic carbocycles. The van der Waals surface area contributed by atoms with Crippen LogP contribution in [0.3, 0.4) is 0 Å². The maximum atomic E-state index is 13.5. The van der Waals surface area contributed by atoms with Gasteiger partial charge in [0.05, 0.1) is 25.7 Å². The SMILES string of the molecule is CC(=O)[C@@H]1CC[C@@H]2[C@@H]3CC[C@@H]4CC5(CC(=O)[C@]4(C)[C@@H]3[C@H](O)C[C@@]21C)OCCO5. The smallest absolute Gasteiger partial charge is 0.175 e. The highest BCUT2D eigenvalue weighted by atomic mass is 16.7. The van der Waals surface area contributed by atoms with Gasteiger partial charge in [-0.25, -0.2) is 0 Å². The van der Waals surface area contributed by atoms with Crippen LogP contribution in [0.1, 0.15) is 65.7 Å². The highest BCUT2D eigenvalue weighted by molar-refractivity contribution is 5.87. The zero-order valence-electron chi connectivity index (χ0n) is 17.4. The van der Waals surface area contributed by atoms with E-state index in [1.54, 1.807) is 6.92 Å². The number of carbonyl (C=O) groups is 2. The van der Waals surface area contributed by atoms with Crippen molar-refractivity contribution in [1.29, 1.82) is 0 Å². The quantitative estimate of drug-likeness (QED) is 0.745. The first-order valence-corrected chi connectivity index (χ1v) is 11.2. The predicted molar refractivity (Wildman–Crippen MR) is 102 cm³/mol. The van der Waals surface area contributed by atoms with Crippen molar-refractivity contribution in [3.05, 3.63) is 0 Å². The topological polar surface area (TPSA) is 72.8 Å². The minimum atomic E-state index is -0.713. The van der Waals surface area contributed by atoms with Gasteiger partial charge in [0.2, 0.25) is 0 Å². The molecule has 0 amide bonds. The first-order valence-electron chi connectivity index (χ1n) is 11.2. The normalized spacial score (nSPS) is 52.2. The van der Waals surface area contributed by atoms with Crippen molar-refractivity contribution in [2.45, 2.75) is 77.6 Å². The standard InChI is InChI=1S/C23H34O5/c1-13(24)16-6-7-17-15-5-4-14-10-23(27-8-9-28-23)12-19(26)22(14,3)20(15)18(25)11-21(16,17)2/h14-18,20,25H,4-12H2,1-3H3/t14-,15+,16+,17-,18-,20+,21-,22-/m1/s1. The van der Waals surface area contributed by atoms with Crippen LogP contribution >= 0.6 is 0 Å². The summed E-state index contributed by atoms with van der Waals surface area (Å²) in [4.78, 5) is 25.8. The second-order valence-corrected chi connectivity index (χ2v) is 10.8. The molecular weight excluding hydrogens is 356 g/mol. The summed E-state index contributed by atoms with van der Waals surface area (Å²) in [6.45, 7) is 7.18. The monoisotopic (exact) mass is 390 g/mol. The number of rotatable bonds is 1. The number of Topliss-reactive ketones (excluding diaryl/α,β-unsaturated/α-hetero) is 2. The van der Waals surface area contributed by atoms with Gasteiger partial charge in [0.25, 0.3) is 0 Å². The number of carbonyl (C=O) groups excluding carboxylic acids is 2. The Hall–Kier alpha value is -0.780. The summed E-state index contributed by atoms with van der Waals surface area (Å²) >= 11 is 0. The third-order valence-electron chi connectivity index (χ3n) is 9.73. The highest BCUT2D eigenvalue weighted by Gasteiger charge is 2.67. The molecule has 156 valence electrons. The van der Waals surface area contributed by atoms with E-state index in [-0.39, 0.29) is 34.7 Å². The Balaban J connectivity index is 1.49. The number of fused-ring (bicyclic) bond motifs is 5. The van der Waals surface area contributed by atoms with E-state index in [0.29, 0.717) is 37.9 Å². The Kier molecular flexibility index (Phi) is 4.19. The lowest BCUT2D eigenvalue weighted by atomic mass is 9.43. The van der Waals surface area contributed by atoms with E-state index in [2.05, 4.69) is 13.8 Å². The van der Waals surface area contributed by atoms with E-state index in [1.165, 1.54) is 0 Å². The molecule has 1 N–H and O–H groups in total. The molecule has 0 aromatic heterocycles. The van der Waals surface area contributed by atoms with Crippen molar-refractivity contribution < 1.29 is 24.2 Å². The molecular formula is C23H34O5. The second kappa shape index (κ2) is 6.12. The molecule has 1 saturated heterocycles. The summed E-state index contributed by atoms with van der Waals surface area (Å²) in [7, 11) is 0. The summed E-state index contributed by atoms with van der Waals surface area (Å²) < 4.78 is 11.8. The van der Waals surface area contributed by atoms with Crippen LogP contribution in [0.15, 0.2) is 0 Å². The molecule has 5 heteroatoms. The Morgan fingerprint density at radius 2 is 1.79 bits per heavy atom. The van der Waals surface area contributed by atoms with E-state index < -0.39 is 17.3 Å². The fourth-order valence-electron chi connectivity index (χ4n) is 8.56. The highest BCUT2D eigenvalue weighted by Crippen LogP contribution is 2.67. The summed E-state index contributed by atoms with van der Waals surface area (Å²) in [5, 5.41) is 11.4. The van der Waals surface area contributed by atoms with Gasteiger partial charge in [-0.3, -0.25) is 9.59 Å². The first-order chi connectivity index (χ1) is 13.2. The largest absolute Gasteiger partial charge is 0.393 e. The van der Waals surface area contributed by atoms with Crippen molar-refractivity contribution in [1.82, 2.24) is 0 Å². The molecule has 0 radical (unpaired) electrons. The minimum Gasteiger partial charge on any atom is -0.393 e. The van der Waals surface area contributed by atoms with E-state index in [0.717, 1.165) is 32.1 Å². The Morgan fingerprint density at radius 1 is 1.07 bits per heavy atom. The van der Waals surface area contributed by atoms with Crippen molar-refractivity contribution >= 4 is 11.6 Å². The second-order valence-electron chi connectivity index (χ2n) is 10.8. The summed E-state index contributed by atoms with van der Waals surface area (Å²) in [5.41, 5.74) is -0.620. The lowest BCUT2D eigenvalue weighted by Gasteiger charge is -2.62. The molecule has 1 aliphatic heterocycles. The van der Waals surface area contributed by atoms with Gasteiger partial charge in [-0.2, -0.15) is 0 Å². The number of hydrogen-bond acceptors (Lipinski definition) is 5. The lowest BCUT2D eigenvalue weighted by Crippen LogP contribution is -2.64. The van der Waals surface area contributed by atoms with Gasteiger partial charge >= 0.3 is 0 Å². The van der Waals surface area contributed by atoms with Crippen LogP contribution in [0.2, 0.25) is 0 Å². The average molecular weight is 391 g/mol. The maximum absolute atomic E-state index is 13.5. The van der Waals surface area contributed by atoms with Crippen molar-refractivity contribution in [2.24, 2.45) is 40.4 Å². The zero-order chi connectivity index (χ0) is 19.9. The number of ether oxygens (including phenoxy) is 2. The average Bonchev–Trinajstić information content (AvgIpc) is 3.20. The van der Waals surface area contributed by atoms with Crippen molar-refractivity contribution in [2.75, 3.05) is 13.2 Å². The fraction of sp³-hybridized carbons (Fsp3) is 0.913. The number of hydrogen-bond donors (Lipinski definition) is 1. The van der Waals surface area contributed by atoms with Gasteiger partial charge in [-0.05, 0) is 62.2 Å². The zero-order valence-corrected chi connectivity index (χ0v) is 17.4. The van der Waals surface area contributed by atoms with Crippen molar-refractivity contribution in [3.8, 4) is 0 Å². The molecule has 5 fully saturated rings. The van der Waals surface area contributed by atoms with Crippen LogP contribution < -0.4 is 0 Å². The molecule has 0 aromatic rings. The maximum Gasteiger partial charge on any atom is 0.175 e. The molecule has 0 unspecified atom stereocenters. The molecule has 4 saturated carbocycles. The van der Waals surface area contributed by atoms with E-state index >= 15 is 0 Å². The predicted octanol–water partition coefficient (Wildman–Crippen LogP) is 3.13. The first kappa shape index (κ1) is 19.2. The molecule has 0 bridgehead atoms. The van der Waals surface area contributed by atoms with Crippen LogP contribution in [0.25, 0.3) is 0 Å². The molecule has 8 atom stereocenters.